The van der Waals surface area contributed by atoms with Gasteiger partial charge in [0.1, 0.15) is 6.10 Å². The van der Waals surface area contributed by atoms with E-state index in [-0.39, 0.29) is 23.5 Å². The molecule has 5 heteroatoms. The second-order valence-corrected chi connectivity index (χ2v) is 13.4. The largest absolute Gasteiger partial charge is 0.408 e. The normalized spacial score (nSPS) is 24.6. The predicted molar refractivity (Wildman–Crippen MR) is 118 cm³/mol. The Labute approximate surface area is 171 Å². The number of hydrogen-bond donors (Lipinski definition) is 0. The molecule has 1 aromatic carbocycles. The van der Waals surface area contributed by atoms with Crippen molar-refractivity contribution >= 4 is 14.4 Å². The molecule has 1 heterocycles. The van der Waals surface area contributed by atoms with Crippen LogP contribution in [-0.2, 0) is 18.6 Å². The number of rotatable bonds is 8. The first-order valence-electron chi connectivity index (χ1n) is 10.1. The lowest BCUT2D eigenvalue weighted by Crippen LogP contribution is -2.48. The molecule has 1 unspecified atom stereocenters. The molecule has 0 fully saturated rings. The van der Waals surface area contributed by atoms with E-state index in [1.165, 1.54) is 0 Å². The van der Waals surface area contributed by atoms with Gasteiger partial charge in [0.05, 0.1) is 6.10 Å². The second-order valence-electron chi connectivity index (χ2n) is 8.63. The van der Waals surface area contributed by atoms with Crippen LogP contribution in [0.5, 0.6) is 0 Å². The van der Waals surface area contributed by atoms with Gasteiger partial charge in [0.25, 0.3) is 0 Å². The minimum absolute atomic E-state index is 0.130. The molecule has 156 valence electrons. The van der Waals surface area contributed by atoms with Gasteiger partial charge in [-0.25, -0.2) is 0 Å². The molecule has 28 heavy (non-hydrogen) atoms. The van der Waals surface area contributed by atoms with Crippen molar-refractivity contribution in [2.75, 3.05) is 6.61 Å². The zero-order chi connectivity index (χ0) is 20.8. The molecule has 0 bridgehead atoms. The molecule has 0 saturated heterocycles. The van der Waals surface area contributed by atoms with E-state index in [0.29, 0.717) is 6.61 Å². The van der Waals surface area contributed by atoms with Crippen molar-refractivity contribution in [2.45, 2.75) is 77.5 Å². The summed E-state index contributed by atoms with van der Waals surface area (Å²) in [6.07, 6.45) is 7.02. The molecule has 1 aliphatic rings. The first-order valence-corrected chi connectivity index (χ1v) is 13.0. The second kappa shape index (κ2) is 9.99. The van der Waals surface area contributed by atoms with Crippen molar-refractivity contribution in [2.24, 2.45) is 0 Å². The van der Waals surface area contributed by atoms with Gasteiger partial charge >= 0.3 is 0 Å². The van der Waals surface area contributed by atoms with Gasteiger partial charge in [-0.15, -0.1) is 0 Å². The summed E-state index contributed by atoms with van der Waals surface area (Å²) < 4.78 is 24.2. The van der Waals surface area contributed by atoms with Gasteiger partial charge in [-0.05, 0) is 43.6 Å². The zero-order valence-electron chi connectivity index (χ0n) is 18.3. The van der Waals surface area contributed by atoms with Crippen LogP contribution in [0.1, 0.15) is 40.2 Å². The van der Waals surface area contributed by atoms with Crippen LogP contribution >= 0.6 is 0 Å². The Hall–Kier alpha value is -1.24. The van der Waals surface area contributed by atoms with Crippen LogP contribution in [0.15, 0.2) is 48.6 Å². The van der Waals surface area contributed by atoms with Crippen LogP contribution in [0.3, 0.4) is 0 Å². The average molecular weight is 405 g/mol. The summed E-state index contributed by atoms with van der Waals surface area (Å²) in [5.41, 5.74) is 1.13. The Morgan fingerprint density at radius 2 is 1.82 bits per heavy atom. The quantitative estimate of drug-likeness (QED) is 0.313. The molecule has 0 aliphatic carbocycles. The molecule has 1 aromatic rings. The lowest BCUT2D eigenvalue weighted by molar-refractivity contribution is -0.236. The van der Waals surface area contributed by atoms with Gasteiger partial charge in [-0.3, -0.25) is 0 Å². The molecule has 0 spiro atoms. The minimum atomic E-state index is -1.94. The smallest absolute Gasteiger partial charge is 0.193 e. The van der Waals surface area contributed by atoms with Gasteiger partial charge in [0.2, 0.25) is 0 Å². The minimum Gasteiger partial charge on any atom is -0.408 e. The highest BCUT2D eigenvalue weighted by Crippen LogP contribution is 2.38. The van der Waals surface area contributed by atoms with Crippen LogP contribution < -0.4 is 0 Å². The predicted octanol–water partition coefficient (Wildman–Crippen LogP) is 5.77. The van der Waals surface area contributed by atoms with E-state index in [9.17, 15) is 0 Å². The van der Waals surface area contributed by atoms with Crippen LogP contribution in [-0.4, -0.2) is 39.7 Å². The molecule has 1 aliphatic heterocycles. The lowest BCUT2D eigenvalue weighted by Gasteiger charge is -2.41. The fraction of sp³-hybridized carbons (Fsp3) is 0.565. The number of benzene rings is 1. The van der Waals surface area contributed by atoms with Crippen LogP contribution in [0.2, 0.25) is 18.1 Å². The van der Waals surface area contributed by atoms with Gasteiger partial charge in [0, 0.05) is 6.61 Å². The zero-order valence-corrected chi connectivity index (χ0v) is 19.3. The highest BCUT2D eigenvalue weighted by atomic mass is 28.4. The SMILES string of the molecule is CCOC(C)O[C@H]1C=C[C@H](O[Si](C)(C)C(C)(C)C)[C@H](/C=C/c2ccccc2)O1. The molecule has 4 nitrogen and oxygen atoms in total. The third kappa shape index (κ3) is 6.67. The third-order valence-corrected chi connectivity index (χ3v) is 9.79. The monoisotopic (exact) mass is 404 g/mol. The van der Waals surface area contributed by atoms with E-state index in [1.807, 2.05) is 38.1 Å². The van der Waals surface area contributed by atoms with Crippen molar-refractivity contribution in [1.82, 2.24) is 0 Å². The summed E-state index contributed by atoms with van der Waals surface area (Å²) in [6, 6.07) is 10.2. The highest BCUT2D eigenvalue weighted by molar-refractivity contribution is 6.74. The standard InChI is InChI=1S/C23H36O4Si/c1-8-24-18(2)25-22-17-16-21(27-28(6,7)23(3,4)5)20(26-22)15-14-19-12-10-9-11-13-19/h9-18,20-22H,8H2,1-7H3/b15-14+/t18?,20-,21-,22+/m0/s1. The van der Waals surface area contributed by atoms with Gasteiger partial charge in [0.15, 0.2) is 20.9 Å². The summed E-state index contributed by atoms with van der Waals surface area (Å²) in [4.78, 5) is 0. The maximum Gasteiger partial charge on any atom is 0.193 e. The topological polar surface area (TPSA) is 36.9 Å². The van der Waals surface area contributed by atoms with E-state index in [1.54, 1.807) is 0 Å². The Kier molecular flexibility index (Phi) is 8.22. The van der Waals surface area contributed by atoms with Crippen LogP contribution in [0, 0.1) is 0 Å². The van der Waals surface area contributed by atoms with Crippen LogP contribution in [0.4, 0.5) is 0 Å². The average Bonchev–Trinajstić information content (AvgIpc) is 2.61. The van der Waals surface area contributed by atoms with E-state index in [2.05, 4.69) is 64.2 Å². The van der Waals surface area contributed by atoms with Gasteiger partial charge in [-0.2, -0.15) is 0 Å². The van der Waals surface area contributed by atoms with Crippen molar-refractivity contribution in [1.29, 1.82) is 0 Å². The molecule has 0 aromatic heterocycles. The Morgan fingerprint density at radius 3 is 2.43 bits per heavy atom. The first kappa shape index (κ1) is 23.0. The lowest BCUT2D eigenvalue weighted by atomic mass is 10.1. The van der Waals surface area contributed by atoms with E-state index < -0.39 is 14.6 Å². The van der Waals surface area contributed by atoms with E-state index >= 15 is 0 Å². The molecule has 0 N–H and O–H groups in total. The Bertz CT molecular complexity index is 648. The van der Waals surface area contributed by atoms with Crippen molar-refractivity contribution < 1.29 is 18.6 Å². The fourth-order valence-electron chi connectivity index (χ4n) is 2.68. The molecule has 0 amide bonds. The molecular formula is C23H36O4Si. The maximum atomic E-state index is 6.63. The Balaban J connectivity index is 2.18. The van der Waals surface area contributed by atoms with Crippen LogP contribution in [0.25, 0.3) is 6.08 Å². The van der Waals surface area contributed by atoms with Gasteiger partial charge < -0.3 is 18.6 Å². The van der Waals surface area contributed by atoms with Gasteiger partial charge in [-0.1, -0.05) is 69.3 Å². The highest BCUT2D eigenvalue weighted by Gasteiger charge is 2.41. The fourth-order valence-corrected chi connectivity index (χ4v) is 3.92. The molecular weight excluding hydrogens is 368 g/mol. The van der Waals surface area contributed by atoms with Crippen molar-refractivity contribution in [3.63, 3.8) is 0 Å². The Morgan fingerprint density at radius 1 is 1.14 bits per heavy atom. The summed E-state index contributed by atoms with van der Waals surface area (Å²) in [6.45, 7) is 15.7. The maximum absolute atomic E-state index is 6.63. The summed E-state index contributed by atoms with van der Waals surface area (Å²) in [7, 11) is -1.94. The van der Waals surface area contributed by atoms with E-state index in [0.717, 1.165) is 5.56 Å². The third-order valence-electron chi connectivity index (χ3n) is 5.31. The summed E-state index contributed by atoms with van der Waals surface area (Å²) in [5, 5.41) is 0.130. The molecule has 0 saturated carbocycles. The van der Waals surface area contributed by atoms with Crippen molar-refractivity contribution in [3.05, 3.63) is 54.1 Å². The van der Waals surface area contributed by atoms with Crippen molar-refractivity contribution in [3.8, 4) is 0 Å². The number of ether oxygens (including phenoxy) is 3. The molecule has 4 atom stereocenters. The molecule has 0 radical (unpaired) electrons. The first-order chi connectivity index (χ1) is 13.1. The number of hydrogen-bond acceptors (Lipinski definition) is 4. The summed E-state index contributed by atoms with van der Waals surface area (Å²) >= 11 is 0. The molecule has 2 rings (SSSR count). The summed E-state index contributed by atoms with van der Waals surface area (Å²) in [5.74, 6) is 0. The van der Waals surface area contributed by atoms with E-state index in [4.69, 9.17) is 18.6 Å².